The number of hydrogen-bond donors (Lipinski definition) is 0. The first-order chi connectivity index (χ1) is 15.3. The molecule has 0 unspecified atom stereocenters. The number of benzene rings is 2. The highest BCUT2D eigenvalue weighted by molar-refractivity contribution is 5.76. The number of ether oxygens (including phenoxy) is 2. The number of hydrogen-bond acceptors (Lipinski definition) is 4. The molecular formula is C25H30FN3O3. The normalized spacial score (nSPS) is 16.9. The second kappa shape index (κ2) is 9.18. The van der Waals surface area contributed by atoms with Crippen molar-refractivity contribution in [1.82, 2.24) is 14.5 Å². The zero-order chi connectivity index (χ0) is 22.7. The van der Waals surface area contributed by atoms with Crippen molar-refractivity contribution < 1.29 is 18.7 Å². The molecule has 1 saturated heterocycles. The number of imidazole rings is 1. The molecule has 1 atom stereocenters. The van der Waals surface area contributed by atoms with E-state index < -0.39 is 5.60 Å². The third-order valence-electron chi connectivity index (χ3n) is 5.51. The van der Waals surface area contributed by atoms with E-state index >= 15 is 0 Å². The van der Waals surface area contributed by atoms with Gasteiger partial charge < -0.3 is 14.4 Å². The van der Waals surface area contributed by atoms with E-state index in [1.807, 2.05) is 55.7 Å². The summed E-state index contributed by atoms with van der Waals surface area (Å²) in [5.74, 6) is -0.274. The van der Waals surface area contributed by atoms with Gasteiger partial charge in [0.15, 0.2) is 0 Å². The van der Waals surface area contributed by atoms with Crippen molar-refractivity contribution >= 4 is 17.1 Å². The van der Waals surface area contributed by atoms with Crippen LogP contribution in [0, 0.1) is 5.82 Å². The summed E-state index contributed by atoms with van der Waals surface area (Å²) < 4.78 is 27.5. The molecule has 2 aromatic carbocycles. The van der Waals surface area contributed by atoms with Crippen molar-refractivity contribution in [2.45, 2.75) is 58.2 Å². The van der Waals surface area contributed by atoms with Crippen molar-refractivity contribution in [3.8, 4) is 6.01 Å². The number of piperidine rings is 1. The fourth-order valence-corrected chi connectivity index (χ4v) is 4.04. The Bertz CT molecular complexity index is 1090. The van der Waals surface area contributed by atoms with Crippen LogP contribution < -0.4 is 4.74 Å². The molecule has 1 aliphatic heterocycles. The minimum Gasteiger partial charge on any atom is -0.462 e. The number of amides is 1. The van der Waals surface area contributed by atoms with Gasteiger partial charge in [0, 0.05) is 6.54 Å². The Balaban J connectivity index is 1.55. The predicted octanol–water partition coefficient (Wildman–Crippen LogP) is 5.39. The van der Waals surface area contributed by atoms with Crippen LogP contribution in [0.3, 0.4) is 0 Å². The average molecular weight is 440 g/mol. The van der Waals surface area contributed by atoms with E-state index in [0.29, 0.717) is 25.7 Å². The molecule has 32 heavy (non-hydrogen) atoms. The molecule has 2 heterocycles. The summed E-state index contributed by atoms with van der Waals surface area (Å²) in [5.41, 5.74) is 2.01. The summed E-state index contributed by atoms with van der Waals surface area (Å²) in [6.07, 6.45) is 2.53. The Morgan fingerprint density at radius 2 is 1.97 bits per heavy atom. The van der Waals surface area contributed by atoms with E-state index in [0.717, 1.165) is 35.9 Å². The molecule has 0 saturated carbocycles. The molecule has 0 bridgehead atoms. The molecule has 0 radical (unpaired) electrons. The second-order valence-corrected chi connectivity index (χ2v) is 9.23. The van der Waals surface area contributed by atoms with Crippen molar-refractivity contribution in [1.29, 1.82) is 0 Å². The Hall–Kier alpha value is -3.09. The van der Waals surface area contributed by atoms with Crippen molar-refractivity contribution in [3.05, 3.63) is 59.9 Å². The standard InChI is InChI=1S/C25H30FN3O3/c1-25(2,3)32-24(30)28-14-7-6-11-20(28)17-31-23-27-21-12-4-5-13-22(21)29(23)16-18-9-8-10-19(26)15-18/h4-5,8-10,12-13,15,20H,6-7,11,14,16-17H2,1-3H3/t20-/m0/s1. The fraction of sp³-hybridized carbons (Fsp3) is 0.440. The summed E-state index contributed by atoms with van der Waals surface area (Å²) in [6.45, 7) is 7.03. The van der Waals surface area contributed by atoms with Crippen molar-refractivity contribution in [3.63, 3.8) is 0 Å². The smallest absolute Gasteiger partial charge is 0.410 e. The minimum absolute atomic E-state index is 0.0824. The van der Waals surface area contributed by atoms with Gasteiger partial charge in [0.1, 0.15) is 18.0 Å². The van der Waals surface area contributed by atoms with Gasteiger partial charge in [-0.15, -0.1) is 0 Å². The van der Waals surface area contributed by atoms with Crippen LogP contribution >= 0.6 is 0 Å². The highest BCUT2D eigenvalue weighted by atomic mass is 19.1. The molecule has 0 aliphatic carbocycles. The Labute approximate surface area is 187 Å². The lowest BCUT2D eigenvalue weighted by Gasteiger charge is -2.36. The molecule has 1 fully saturated rings. The van der Waals surface area contributed by atoms with Crippen LogP contribution in [-0.4, -0.2) is 45.3 Å². The van der Waals surface area contributed by atoms with Crippen molar-refractivity contribution in [2.24, 2.45) is 0 Å². The first-order valence-corrected chi connectivity index (χ1v) is 11.1. The van der Waals surface area contributed by atoms with Crippen LogP contribution in [0.25, 0.3) is 11.0 Å². The van der Waals surface area contributed by atoms with Gasteiger partial charge in [-0.25, -0.2) is 9.18 Å². The third kappa shape index (κ3) is 5.21. The average Bonchev–Trinajstić information content (AvgIpc) is 3.09. The number of para-hydroxylation sites is 2. The first kappa shape index (κ1) is 22.1. The van der Waals surface area contributed by atoms with Crippen LogP contribution in [0.4, 0.5) is 9.18 Å². The summed E-state index contributed by atoms with van der Waals surface area (Å²) in [6, 6.07) is 14.7. The lowest BCUT2D eigenvalue weighted by Crippen LogP contribution is -2.48. The molecule has 1 aromatic heterocycles. The van der Waals surface area contributed by atoms with Gasteiger partial charge in [-0.2, -0.15) is 4.98 Å². The number of fused-ring (bicyclic) bond motifs is 1. The summed E-state index contributed by atoms with van der Waals surface area (Å²) in [5, 5.41) is 0. The van der Waals surface area contributed by atoms with Crippen LogP contribution in [0.5, 0.6) is 6.01 Å². The van der Waals surface area contributed by atoms with Gasteiger partial charge in [0.05, 0.1) is 23.6 Å². The molecule has 170 valence electrons. The number of nitrogens with zero attached hydrogens (tertiary/aromatic N) is 3. The third-order valence-corrected chi connectivity index (χ3v) is 5.51. The Morgan fingerprint density at radius 3 is 2.75 bits per heavy atom. The molecule has 0 N–H and O–H groups in total. The van der Waals surface area contributed by atoms with E-state index in [2.05, 4.69) is 4.98 Å². The number of likely N-dealkylation sites (tertiary alicyclic amines) is 1. The molecule has 3 aromatic rings. The second-order valence-electron chi connectivity index (χ2n) is 9.23. The Kier molecular flexibility index (Phi) is 6.35. The number of carbonyl (C=O) groups is 1. The van der Waals surface area contributed by atoms with E-state index in [1.54, 1.807) is 11.0 Å². The van der Waals surface area contributed by atoms with E-state index in [1.165, 1.54) is 12.1 Å². The number of aromatic nitrogens is 2. The maximum atomic E-state index is 13.7. The summed E-state index contributed by atoms with van der Waals surface area (Å²) in [7, 11) is 0. The number of rotatable bonds is 5. The molecule has 1 aliphatic rings. The van der Waals surface area contributed by atoms with Gasteiger partial charge in [-0.1, -0.05) is 24.3 Å². The summed E-state index contributed by atoms with van der Waals surface area (Å²) >= 11 is 0. The fourth-order valence-electron chi connectivity index (χ4n) is 4.04. The van der Waals surface area contributed by atoms with Crippen LogP contribution in [0.15, 0.2) is 48.5 Å². The van der Waals surface area contributed by atoms with Gasteiger partial charge >= 0.3 is 6.09 Å². The Morgan fingerprint density at radius 1 is 1.16 bits per heavy atom. The maximum absolute atomic E-state index is 13.7. The van der Waals surface area contributed by atoms with Gasteiger partial charge in [-0.3, -0.25) is 4.57 Å². The van der Waals surface area contributed by atoms with E-state index in [4.69, 9.17) is 9.47 Å². The van der Waals surface area contributed by atoms with Gasteiger partial charge in [0.2, 0.25) is 0 Å². The number of halogens is 1. The topological polar surface area (TPSA) is 56.6 Å². The molecular weight excluding hydrogens is 409 g/mol. The molecule has 7 heteroatoms. The first-order valence-electron chi connectivity index (χ1n) is 11.1. The zero-order valence-electron chi connectivity index (χ0n) is 18.9. The number of carbonyl (C=O) groups excluding carboxylic acids is 1. The predicted molar refractivity (Wildman–Crippen MR) is 121 cm³/mol. The molecule has 1 amide bonds. The molecule has 0 spiro atoms. The van der Waals surface area contributed by atoms with Crippen LogP contribution in [0.1, 0.15) is 45.6 Å². The molecule has 6 nitrogen and oxygen atoms in total. The van der Waals surface area contributed by atoms with Gasteiger partial charge in [0.25, 0.3) is 6.01 Å². The summed E-state index contributed by atoms with van der Waals surface area (Å²) in [4.78, 5) is 19.1. The van der Waals surface area contributed by atoms with E-state index in [9.17, 15) is 9.18 Å². The molecule has 4 rings (SSSR count). The largest absolute Gasteiger partial charge is 0.462 e. The monoisotopic (exact) mass is 439 g/mol. The highest BCUT2D eigenvalue weighted by Crippen LogP contribution is 2.25. The maximum Gasteiger partial charge on any atom is 0.410 e. The van der Waals surface area contributed by atoms with Crippen LogP contribution in [-0.2, 0) is 11.3 Å². The van der Waals surface area contributed by atoms with Crippen molar-refractivity contribution in [2.75, 3.05) is 13.2 Å². The van der Waals surface area contributed by atoms with Gasteiger partial charge in [-0.05, 0) is 69.9 Å². The minimum atomic E-state index is -0.543. The quantitative estimate of drug-likeness (QED) is 0.535. The van der Waals surface area contributed by atoms with E-state index in [-0.39, 0.29) is 18.0 Å². The SMILES string of the molecule is CC(C)(C)OC(=O)N1CCCC[C@H]1COc1nc2ccccc2n1Cc1cccc(F)c1. The lowest BCUT2D eigenvalue weighted by molar-refractivity contribution is 0.00290. The van der Waals surface area contributed by atoms with Crippen LogP contribution in [0.2, 0.25) is 0 Å². The zero-order valence-corrected chi connectivity index (χ0v) is 18.9. The highest BCUT2D eigenvalue weighted by Gasteiger charge is 2.31. The lowest BCUT2D eigenvalue weighted by atomic mass is 10.0.